The molecule has 14 nitrogen and oxygen atoms in total. The number of urea groups is 1. The summed E-state index contributed by atoms with van der Waals surface area (Å²) >= 11 is 0. The first-order valence-corrected chi connectivity index (χ1v) is 21.8. The number of anilines is 1. The fourth-order valence-electron chi connectivity index (χ4n) is 8.83. The van der Waals surface area contributed by atoms with Crippen LogP contribution in [0.2, 0.25) is 0 Å². The highest BCUT2D eigenvalue weighted by atomic mass is 19.4. The van der Waals surface area contributed by atoms with E-state index in [-0.39, 0.29) is 30.9 Å². The highest BCUT2D eigenvalue weighted by molar-refractivity contribution is 5.96. The third kappa shape index (κ3) is 9.83. The number of hydrogen-bond acceptors (Lipinski definition) is 11. The molecule has 1 unspecified atom stereocenters. The van der Waals surface area contributed by atoms with Crippen LogP contribution < -0.4 is 10.6 Å². The van der Waals surface area contributed by atoms with Gasteiger partial charge in [-0.2, -0.15) is 13.2 Å². The number of carbonyl (C=O) groups excluding carboxylic acids is 1. The number of piperazine rings is 1. The number of nitrogens with zero attached hydrogens (tertiary/aromatic N) is 6. The van der Waals surface area contributed by atoms with Crippen molar-refractivity contribution < 1.29 is 37.7 Å². The molecule has 2 fully saturated rings. The van der Waals surface area contributed by atoms with E-state index in [9.17, 15) is 28.2 Å². The molecular formula is C48H50F3N9O5. The molecule has 338 valence electrons. The topological polar surface area (TPSA) is 174 Å². The summed E-state index contributed by atoms with van der Waals surface area (Å²) in [5.74, 6) is 0.870. The van der Waals surface area contributed by atoms with Gasteiger partial charge in [0.05, 0.1) is 31.6 Å². The summed E-state index contributed by atoms with van der Waals surface area (Å²) in [5.41, 5.74) is 6.76. The van der Waals surface area contributed by atoms with Crippen molar-refractivity contribution in [3.63, 3.8) is 0 Å². The average Bonchev–Trinajstić information content (AvgIpc) is 3.75. The van der Waals surface area contributed by atoms with E-state index in [1.165, 1.54) is 11.1 Å². The number of nitrogens with one attached hydrogen (secondary N) is 3. The Hall–Kier alpha value is -6.40. The Kier molecular flexibility index (Phi) is 12.8. The lowest BCUT2D eigenvalue weighted by Crippen LogP contribution is -2.59. The first kappa shape index (κ1) is 43.8. The van der Waals surface area contributed by atoms with Gasteiger partial charge in [0.2, 0.25) is 0 Å². The molecule has 65 heavy (non-hydrogen) atoms. The lowest BCUT2D eigenvalue weighted by Gasteiger charge is -2.39. The molecule has 9 rings (SSSR count). The van der Waals surface area contributed by atoms with Crippen LogP contribution in [-0.4, -0.2) is 128 Å². The van der Waals surface area contributed by atoms with Crippen LogP contribution in [0.5, 0.6) is 0 Å². The van der Waals surface area contributed by atoms with Gasteiger partial charge in [0.15, 0.2) is 5.69 Å². The van der Waals surface area contributed by atoms with Crippen LogP contribution in [-0.2, 0) is 22.1 Å². The van der Waals surface area contributed by atoms with Crippen LogP contribution in [0.4, 0.5) is 23.8 Å². The van der Waals surface area contributed by atoms with Crippen molar-refractivity contribution in [2.75, 3.05) is 57.8 Å². The summed E-state index contributed by atoms with van der Waals surface area (Å²) in [6, 6.07) is 17.7. The van der Waals surface area contributed by atoms with Crippen molar-refractivity contribution in [1.82, 2.24) is 40.0 Å². The Morgan fingerprint density at radius 3 is 2.51 bits per heavy atom. The number of amides is 2. The molecule has 4 aromatic heterocycles. The number of ether oxygens (including phenoxy) is 2. The molecule has 1 aliphatic carbocycles. The zero-order valence-electron chi connectivity index (χ0n) is 35.7. The van der Waals surface area contributed by atoms with Crippen molar-refractivity contribution in [2.24, 2.45) is 5.92 Å². The predicted octanol–water partition coefficient (Wildman–Crippen LogP) is 6.45. The van der Waals surface area contributed by atoms with Gasteiger partial charge in [0, 0.05) is 104 Å². The minimum absolute atomic E-state index is 0.0734. The van der Waals surface area contributed by atoms with Gasteiger partial charge in [-0.15, -0.1) is 0 Å². The number of fused-ring (bicyclic) bond motifs is 2. The number of halogens is 3. The molecule has 5 atom stereocenters. The Morgan fingerprint density at radius 2 is 1.71 bits per heavy atom. The maximum atomic E-state index is 13.2. The van der Waals surface area contributed by atoms with Gasteiger partial charge in [-0.1, -0.05) is 49.4 Å². The summed E-state index contributed by atoms with van der Waals surface area (Å²) in [7, 11) is 0. The minimum atomic E-state index is -4.69. The number of alkyl halides is 3. The van der Waals surface area contributed by atoms with Crippen molar-refractivity contribution in [2.45, 2.75) is 50.3 Å². The number of aliphatic hydroxyl groups is 2. The van der Waals surface area contributed by atoms with E-state index in [0.717, 1.165) is 75.3 Å². The molecule has 0 saturated carbocycles. The largest absolute Gasteiger partial charge is 0.493 e. The number of aromatic amines is 1. The van der Waals surface area contributed by atoms with Crippen molar-refractivity contribution in [1.29, 1.82) is 0 Å². The third-order valence-electron chi connectivity index (χ3n) is 12.6. The number of pyridine rings is 2. The molecule has 0 spiro atoms. The number of allylic oxidation sites excluding steroid dienone is 2. The summed E-state index contributed by atoms with van der Waals surface area (Å²) in [6.07, 6.45) is 6.39. The lowest BCUT2D eigenvalue weighted by atomic mass is 9.84. The second-order valence-electron chi connectivity index (χ2n) is 16.8. The standard InChI is InChI=1S/C48H50F3N9O5/c1-29-19-35(37-23-55-39-10-13-53-22-38(37)39)41(64-18-11-30-5-7-32(8-6-30)34-4-2-3-31-9-12-52-21-36(31)34)20-33(29)27-59-14-16-60(17-15-59)47(63)56-24-42-46(62)45(61)40(28-65-42)57-44-26-54-25-43(58-44)48(49,50)51/h2-10,12-13,20-23,25-26,29,40,42,45-46,55,61-62H,11,14-19,24,27-28H2,1H3,(H,56,63)(H,57,58)/t29?,40-,42+,45+,46-/m0/s1. The second kappa shape index (κ2) is 19.0. The molecule has 2 amide bonds. The number of hydrogen-bond donors (Lipinski definition) is 5. The molecular weight excluding hydrogens is 840 g/mol. The predicted molar refractivity (Wildman–Crippen MR) is 239 cm³/mol. The van der Waals surface area contributed by atoms with Gasteiger partial charge in [0.25, 0.3) is 0 Å². The average molecular weight is 890 g/mol. The SMILES string of the molecule is CC1CC(c2c[nH]c3ccncc23)=C(OCCc2ccc(-c3cccc4ccncc34)cc2)C=C1CN1CCN(C(=O)NC[C@H]2OC[C@H](Nc3cncc(C(F)(F)F)n3)[C@@H](O)[C@H]2O)CC1. The molecule has 3 aliphatic rings. The monoisotopic (exact) mass is 889 g/mol. The van der Waals surface area contributed by atoms with Gasteiger partial charge in [-0.25, -0.2) is 9.78 Å². The fourth-order valence-corrected chi connectivity index (χ4v) is 8.83. The van der Waals surface area contributed by atoms with Crippen molar-refractivity contribution >= 4 is 39.1 Å². The van der Waals surface area contributed by atoms with E-state index >= 15 is 0 Å². The van der Waals surface area contributed by atoms with Gasteiger partial charge in [-0.3, -0.25) is 19.9 Å². The first-order chi connectivity index (χ1) is 31.5. The first-order valence-electron chi connectivity index (χ1n) is 21.8. The highest BCUT2D eigenvalue weighted by Gasteiger charge is 2.40. The molecule has 17 heteroatoms. The van der Waals surface area contributed by atoms with Crippen LogP contribution in [0.25, 0.3) is 38.4 Å². The summed E-state index contributed by atoms with van der Waals surface area (Å²) in [5, 5.41) is 30.3. The third-order valence-corrected chi connectivity index (χ3v) is 12.6. The van der Waals surface area contributed by atoms with Gasteiger partial charge in [-0.05, 0) is 58.2 Å². The second-order valence-corrected chi connectivity index (χ2v) is 16.8. The van der Waals surface area contributed by atoms with Crippen LogP contribution >= 0.6 is 0 Å². The Balaban J connectivity index is 0.799. The number of H-pyrrole nitrogens is 1. The van der Waals surface area contributed by atoms with Crippen LogP contribution in [0.15, 0.2) is 115 Å². The van der Waals surface area contributed by atoms with E-state index in [1.54, 1.807) is 11.1 Å². The number of aromatic nitrogens is 5. The fraction of sp³-hybridized carbons (Fsp3) is 0.354. The number of benzene rings is 2. The molecule has 6 aromatic rings. The van der Waals surface area contributed by atoms with E-state index in [1.807, 2.05) is 36.9 Å². The van der Waals surface area contributed by atoms with Gasteiger partial charge >= 0.3 is 12.2 Å². The Bertz CT molecular complexity index is 2700. The molecule has 0 radical (unpaired) electrons. The van der Waals surface area contributed by atoms with Crippen LogP contribution in [0.3, 0.4) is 0 Å². The molecule has 0 bridgehead atoms. The summed E-state index contributed by atoms with van der Waals surface area (Å²) in [4.78, 5) is 36.5. The van der Waals surface area contributed by atoms with E-state index in [2.05, 4.69) is 95.9 Å². The summed E-state index contributed by atoms with van der Waals surface area (Å²) in [6.45, 7) is 5.50. The van der Waals surface area contributed by atoms with Crippen LogP contribution in [0.1, 0.15) is 30.2 Å². The highest BCUT2D eigenvalue weighted by Crippen LogP contribution is 2.39. The smallest absolute Gasteiger partial charge is 0.434 e. The van der Waals surface area contributed by atoms with Crippen LogP contribution in [0, 0.1) is 5.92 Å². The minimum Gasteiger partial charge on any atom is -0.493 e. The normalized spacial score (nSPS) is 22.0. The van der Waals surface area contributed by atoms with Crippen molar-refractivity contribution in [3.05, 3.63) is 132 Å². The number of aliphatic hydroxyl groups excluding tert-OH is 2. The molecule has 6 heterocycles. The lowest BCUT2D eigenvalue weighted by molar-refractivity contribution is -0.141. The van der Waals surface area contributed by atoms with Gasteiger partial charge in [0.1, 0.15) is 29.9 Å². The molecule has 2 saturated heterocycles. The van der Waals surface area contributed by atoms with E-state index < -0.39 is 36.2 Å². The zero-order valence-corrected chi connectivity index (χ0v) is 35.7. The summed E-state index contributed by atoms with van der Waals surface area (Å²) < 4.78 is 51.7. The molecule has 2 aromatic carbocycles. The van der Waals surface area contributed by atoms with E-state index in [0.29, 0.717) is 39.0 Å². The zero-order chi connectivity index (χ0) is 45.1. The quantitative estimate of drug-likeness (QED) is 0.0914. The number of carbonyl (C=O) groups is 1. The maximum Gasteiger partial charge on any atom is 0.434 e. The molecule has 2 aliphatic heterocycles. The van der Waals surface area contributed by atoms with E-state index in [4.69, 9.17) is 9.47 Å². The molecule has 5 N–H and O–H groups in total. The Morgan fingerprint density at radius 1 is 0.923 bits per heavy atom. The van der Waals surface area contributed by atoms with Gasteiger partial charge < -0.3 is 40.2 Å². The number of rotatable bonds is 12. The maximum absolute atomic E-state index is 13.2. The Labute approximate surface area is 373 Å². The van der Waals surface area contributed by atoms with Crippen molar-refractivity contribution in [3.8, 4) is 11.1 Å².